The summed E-state index contributed by atoms with van der Waals surface area (Å²) in [5, 5.41) is 2.81. The van der Waals surface area contributed by atoms with Crippen LogP contribution in [0.2, 0.25) is 0 Å². The van der Waals surface area contributed by atoms with Crippen LogP contribution in [0.25, 0.3) is 0 Å². The molecular weight excluding hydrogens is 584 g/mol. The predicted molar refractivity (Wildman–Crippen MR) is 19.0 cm³/mol. The van der Waals surface area contributed by atoms with Crippen LogP contribution in [-0.4, -0.2) is 7.05 Å². The van der Waals surface area contributed by atoms with E-state index >= 15 is 0 Å². The molecule has 30 valence electrons. The van der Waals surface area contributed by atoms with E-state index in [-0.39, 0.29) is 0 Å². The Bertz CT molecular complexity index is 10.8. The molecule has 0 spiro atoms. The molecule has 0 rings (SSSR count). The summed E-state index contributed by atoms with van der Waals surface area (Å²) < 4.78 is 0. The van der Waals surface area contributed by atoms with Crippen LogP contribution in [0.1, 0.15) is 6.92 Å². The molecule has 0 aromatic rings. The van der Waals surface area contributed by atoms with E-state index in [0.29, 0.717) is 0 Å². The van der Waals surface area contributed by atoms with Crippen LogP contribution in [0, 0.1) is 6.54 Å². The Balaban J connectivity index is -0.0000000450. The van der Waals surface area contributed by atoms with Gasteiger partial charge in [-0.15, -0.1) is 0 Å². The van der Waals surface area contributed by atoms with Gasteiger partial charge in [-0.3, -0.25) is 6.54 Å². The standard InChI is InChI=1S/C3H8N.2Rf/c1-3-4-2;;/h3-4H,1-2H3;;/q-1;;. The van der Waals surface area contributed by atoms with E-state index in [9.17, 15) is 0 Å². The molecule has 0 atom stereocenters. The third kappa shape index (κ3) is 1.67. The van der Waals surface area contributed by atoms with Crippen molar-refractivity contribution in [2.24, 2.45) is 0 Å². The van der Waals surface area contributed by atoms with Gasteiger partial charge in [0, 0.05) is 0 Å². The fraction of sp³-hybridized carbons (Fsp3) is 0.667. The molecule has 0 aliphatic rings. The van der Waals surface area contributed by atoms with Crippen molar-refractivity contribution < 1.29 is 0 Å². The molecule has 0 bridgehead atoms. The molecule has 0 amide bonds. The van der Waals surface area contributed by atoms with Crippen molar-refractivity contribution in [3.8, 4) is 0 Å². The Labute approximate surface area is 27.0 Å². The van der Waals surface area contributed by atoms with Gasteiger partial charge in [0.05, 0.1) is 0 Å². The summed E-state index contributed by atoms with van der Waals surface area (Å²) >= 11 is 0. The van der Waals surface area contributed by atoms with Crippen molar-refractivity contribution >= 4 is 0 Å². The van der Waals surface area contributed by atoms with Gasteiger partial charge in [-0.25, -0.2) is 0 Å². The first-order chi connectivity index (χ1) is 1.91. The predicted octanol–water partition coefficient (Wildman–Crippen LogP) is 0.387. The first-order valence-corrected chi connectivity index (χ1v) is 1.37. The molecule has 0 aromatic carbocycles. The van der Waals surface area contributed by atoms with Crippen LogP contribution in [0.5, 0.6) is 0 Å². The smallest absolute Gasteiger partial charge is 0 e. The number of hydrogen-bond acceptors (Lipinski definition) is 1. The van der Waals surface area contributed by atoms with Crippen molar-refractivity contribution in [2.45, 2.75) is 6.92 Å². The van der Waals surface area contributed by atoms with Crippen molar-refractivity contribution in [1.29, 1.82) is 0 Å². The summed E-state index contributed by atoms with van der Waals surface area (Å²) in [5.41, 5.74) is 0. The summed E-state index contributed by atoms with van der Waals surface area (Å²) in [6.07, 6.45) is 0. The fourth-order valence-corrected chi connectivity index (χ4v) is 0. The third-order valence-electron chi connectivity index (χ3n) is 0.289. The van der Waals surface area contributed by atoms with Crippen molar-refractivity contribution in [3.63, 3.8) is 0 Å². The minimum atomic E-state index is 0. The summed E-state index contributed by atoms with van der Waals surface area (Å²) in [4.78, 5) is 0. The van der Waals surface area contributed by atoms with Gasteiger partial charge in [0.2, 0.25) is 0 Å². The molecule has 0 aliphatic heterocycles. The normalized spacial score (nSPS) is 5.00. The SMILES string of the molecule is C[CH-]NC.[Rf].[Rf]. The average molecular weight is 592 g/mol. The van der Waals surface area contributed by atoms with E-state index in [1.54, 1.807) is 0 Å². The first-order valence-electron chi connectivity index (χ1n) is 1.37. The molecule has 6 heavy (non-hydrogen) atoms. The third-order valence-corrected chi connectivity index (χ3v) is 0.289. The summed E-state index contributed by atoms with van der Waals surface area (Å²) in [5.74, 6) is 0. The van der Waals surface area contributed by atoms with Gasteiger partial charge < -0.3 is 5.32 Å². The van der Waals surface area contributed by atoms with E-state index in [1.807, 2.05) is 20.5 Å². The molecule has 0 heterocycles. The Morgan fingerprint density at radius 1 is 1.33 bits per heavy atom. The Morgan fingerprint density at radius 2 is 1.50 bits per heavy atom. The molecule has 0 aromatic heterocycles. The van der Waals surface area contributed by atoms with Crippen molar-refractivity contribution in [3.05, 3.63) is 6.54 Å². The van der Waals surface area contributed by atoms with Gasteiger partial charge in [-0.05, 0) is 7.05 Å². The van der Waals surface area contributed by atoms with Gasteiger partial charge >= 0.3 is 0 Å². The second kappa shape index (κ2) is 7110. The minimum Gasteiger partial charge on any atom is -0.473 e. The summed E-state index contributed by atoms with van der Waals surface area (Å²) in [6.45, 7) is 3.82. The number of nitrogens with one attached hydrogen (secondary N) is 1. The molecule has 0 radical (unpaired) electrons. The van der Waals surface area contributed by atoms with Crippen molar-refractivity contribution in [1.82, 2.24) is 5.32 Å². The van der Waals surface area contributed by atoms with Crippen LogP contribution >= 0.6 is 0 Å². The fourth-order valence-electron chi connectivity index (χ4n) is 0. The van der Waals surface area contributed by atoms with Crippen molar-refractivity contribution in [2.75, 3.05) is 7.05 Å². The topological polar surface area (TPSA) is 12.0 Å². The van der Waals surface area contributed by atoms with Gasteiger partial charge in [-0.2, -0.15) is 6.92 Å². The average Bonchev–Trinajstić information content (AvgIpc) is 1.37. The second-order valence-corrected chi connectivity index (χ2v) is 0.577. The zero-order valence-corrected chi connectivity index (χ0v) is 17.3. The van der Waals surface area contributed by atoms with E-state index < -0.39 is 0 Å². The van der Waals surface area contributed by atoms with Gasteiger partial charge in [-0.1, -0.05) is 0 Å². The Hall–Kier alpha value is -2.04. The van der Waals surface area contributed by atoms with E-state index in [4.69, 9.17) is 0 Å². The molecule has 1 nitrogen and oxygen atoms in total. The first kappa shape index (κ1) is 37.6. The molecular formula is C3H8NRf2-. The molecule has 0 aliphatic carbocycles. The maximum absolute atomic E-state index is 2.81. The summed E-state index contributed by atoms with van der Waals surface area (Å²) in [7, 11) is 1.88. The van der Waals surface area contributed by atoms with E-state index in [2.05, 4.69) is 5.32 Å². The quantitative estimate of drug-likeness (QED) is 0.435. The maximum Gasteiger partial charge on any atom is 0 e. The van der Waals surface area contributed by atoms with Crippen LogP contribution in [0.4, 0.5) is 0 Å². The zero-order valence-electron chi connectivity index (χ0n) is 4.49. The Morgan fingerprint density at radius 3 is 1.50 bits per heavy atom. The van der Waals surface area contributed by atoms with Crippen LogP contribution < -0.4 is 5.32 Å². The molecule has 0 saturated carbocycles. The monoisotopic (exact) mass is 592 g/mol. The van der Waals surface area contributed by atoms with E-state index in [1.165, 1.54) is 0 Å². The van der Waals surface area contributed by atoms with Crippen LogP contribution in [0.3, 0.4) is 0 Å². The van der Waals surface area contributed by atoms with Crippen LogP contribution in [0.15, 0.2) is 0 Å². The largest absolute Gasteiger partial charge is 0.473 e. The second-order valence-electron chi connectivity index (χ2n) is 0.577. The Kier molecular flexibility index (Phi) is 44600. The molecule has 0 fully saturated rings. The number of rotatable bonds is 1. The molecule has 1 N–H and O–H groups in total. The van der Waals surface area contributed by atoms with Crippen LogP contribution in [-0.2, 0) is 0 Å². The number of hydrogen-bond donors (Lipinski definition) is 1. The molecule has 0 saturated heterocycles. The summed E-state index contributed by atoms with van der Waals surface area (Å²) in [6, 6.07) is 0. The molecule has 3 heteroatoms. The van der Waals surface area contributed by atoms with E-state index in [0.717, 1.165) is 0 Å². The maximum atomic E-state index is 2.81. The van der Waals surface area contributed by atoms with Gasteiger partial charge in [0.1, 0.15) is 0 Å². The van der Waals surface area contributed by atoms with Gasteiger partial charge in [0.15, 0.2) is 0 Å². The molecule has 0 unspecified atom stereocenters. The zero-order chi connectivity index (χ0) is 3.41. The van der Waals surface area contributed by atoms with Gasteiger partial charge in [0.25, 0.3) is 0 Å². The minimum absolute atomic E-state index is 0.